The number of β-amino-alcohol motifs (C(OH)–C–C–N with tert-alkyl or cyclic N) is 1. The van der Waals surface area contributed by atoms with E-state index in [4.69, 9.17) is 0 Å². The Morgan fingerprint density at radius 3 is 2.71 bits per heavy atom. The van der Waals surface area contributed by atoms with Crippen LogP contribution in [-0.4, -0.2) is 50.3 Å². The summed E-state index contributed by atoms with van der Waals surface area (Å²) in [4.78, 5) is 32.5. The number of aliphatic hydroxyl groups is 1. The van der Waals surface area contributed by atoms with E-state index < -0.39 is 6.10 Å². The number of hydrogen-bond acceptors (Lipinski definition) is 5. The summed E-state index contributed by atoms with van der Waals surface area (Å²) in [6.07, 6.45) is 3.91. The number of nitrogens with one attached hydrogen (secondary N) is 1. The number of aromatic nitrogens is 3. The molecule has 2 aromatic heterocycles. The highest BCUT2D eigenvalue weighted by atomic mass is 16.3. The molecule has 128 valence electrons. The third-order valence-corrected chi connectivity index (χ3v) is 4.52. The molecule has 1 aliphatic rings. The van der Waals surface area contributed by atoms with E-state index in [1.807, 2.05) is 12.1 Å². The summed E-state index contributed by atoms with van der Waals surface area (Å²) >= 11 is 0. The van der Waals surface area contributed by atoms with Crippen molar-refractivity contribution in [3.8, 4) is 0 Å². The summed E-state index contributed by atoms with van der Waals surface area (Å²) in [6.45, 7) is 3.89. The van der Waals surface area contributed by atoms with Gasteiger partial charge in [-0.2, -0.15) is 0 Å². The van der Waals surface area contributed by atoms with Crippen LogP contribution in [0.3, 0.4) is 0 Å². The van der Waals surface area contributed by atoms with E-state index in [1.54, 1.807) is 19.3 Å². The van der Waals surface area contributed by atoms with Gasteiger partial charge in [0.1, 0.15) is 0 Å². The van der Waals surface area contributed by atoms with Crippen LogP contribution in [-0.2, 0) is 13.0 Å². The molecule has 2 atom stereocenters. The summed E-state index contributed by atoms with van der Waals surface area (Å²) in [5, 5.41) is 10.3. The van der Waals surface area contributed by atoms with Gasteiger partial charge in [0, 0.05) is 56.3 Å². The molecular weight excluding hydrogens is 308 g/mol. The van der Waals surface area contributed by atoms with Gasteiger partial charge < -0.3 is 10.1 Å². The molecule has 0 aliphatic carbocycles. The van der Waals surface area contributed by atoms with Crippen LogP contribution in [0.5, 0.6) is 0 Å². The number of hydrogen-bond donors (Lipinski definition) is 2. The molecule has 0 spiro atoms. The van der Waals surface area contributed by atoms with Crippen LogP contribution >= 0.6 is 0 Å². The molecule has 2 aromatic rings. The lowest BCUT2D eigenvalue weighted by atomic mass is 9.97. The molecule has 0 bridgehead atoms. The van der Waals surface area contributed by atoms with Gasteiger partial charge in [0.05, 0.1) is 6.10 Å². The monoisotopic (exact) mass is 330 g/mol. The summed E-state index contributed by atoms with van der Waals surface area (Å²) in [6, 6.07) is 5.34. The second-order valence-corrected chi connectivity index (χ2v) is 6.39. The number of aromatic amines is 1. The van der Waals surface area contributed by atoms with Gasteiger partial charge in [0.2, 0.25) is 0 Å². The van der Waals surface area contributed by atoms with E-state index in [2.05, 4.69) is 14.9 Å². The standard InChI is InChI=1S/C17H22N4O3/c1-12-8-16(23)21(17(24)19-12)7-6-20-10-14(15(22)11-20)9-13-2-4-18-5-3-13/h2-5,8,14-15,22H,6-7,9-11H2,1H3,(H,19,24)/t14-,15-/m1/s1. The number of rotatable bonds is 5. The van der Waals surface area contributed by atoms with Crippen LogP contribution in [0.2, 0.25) is 0 Å². The molecule has 0 unspecified atom stereocenters. The summed E-state index contributed by atoms with van der Waals surface area (Å²) in [7, 11) is 0. The van der Waals surface area contributed by atoms with Crippen molar-refractivity contribution in [2.75, 3.05) is 19.6 Å². The van der Waals surface area contributed by atoms with Crippen LogP contribution in [0.1, 0.15) is 11.3 Å². The smallest absolute Gasteiger partial charge is 0.328 e. The molecule has 7 heteroatoms. The van der Waals surface area contributed by atoms with Crippen molar-refractivity contribution in [2.24, 2.45) is 5.92 Å². The lowest BCUT2D eigenvalue weighted by molar-refractivity contribution is 0.141. The molecule has 7 nitrogen and oxygen atoms in total. The van der Waals surface area contributed by atoms with Gasteiger partial charge in [-0.05, 0) is 31.0 Å². The van der Waals surface area contributed by atoms with Gasteiger partial charge in [-0.3, -0.25) is 19.2 Å². The number of pyridine rings is 1. The minimum absolute atomic E-state index is 0.153. The van der Waals surface area contributed by atoms with Gasteiger partial charge >= 0.3 is 5.69 Å². The predicted molar refractivity (Wildman–Crippen MR) is 89.9 cm³/mol. The lowest BCUT2D eigenvalue weighted by Gasteiger charge is -2.16. The third-order valence-electron chi connectivity index (χ3n) is 4.52. The highest BCUT2D eigenvalue weighted by Gasteiger charge is 2.31. The Kier molecular flexibility index (Phi) is 4.92. The summed E-state index contributed by atoms with van der Waals surface area (Å²) < 4.78 is 1.20. The van der Waals surface area contributed by atoms with Gasteiger partial charge in [-0.15, -0.1) is 0 Å². The van der Waals surface area contributed by atoms with Gasteiger partial charge in [-0.25, -0.2) is 4.79 Å². The maximum atomic E-state index is 11.9. The fourth-order valence-electron chi connectivity index (χ4n) is 3.23. The molecule has 1 aliphatic heterocycles. The van der Waals surface area contributed by atoms with Crippen LogP contribution in [0, 0.1) is 12.8 Å². The van der Waals surface area contributed by atoms with Crippen molar-refractivity contribution in [1.29, 1.82) is 0 Å². The van der Waals surface area contributed by atoms with Gasteiger partial charge in [-0.1, -0.05) is 0 Å². The van der Waals surface area contributed by atoms with E-state index >= 15 is 0 Å². The first-order valence-corrected chi connectivity index (χ1v) is 8.13. The van der Waals surface area contributed by atoms with Crippen molar-refractivity contribution < 1.29 is 5.11 Å². The van der Waals surface area contributed by atoms with E-state index in [-0.39, 0.29) is 17.2 Å². The van der Waals surface area contributed by atoms with E-state index in [0.717, 1.165) is 18.5 Å². The van der Waals surface area contributed by atoms with Crippen molar-refractivity contribution in [3.05, 3.63) is 62.7 Å². The summed E-state index contributed by atoms with van der Waals surface area (Å²) in [5.41, 5.74) is 1.05. The zero-order valence-electron chi connectivity index (χ0n) is 13.7. The molecule has 0 aromatic carbocycles. The Bertz CT molecular complexity index is 768. The van der Waals surface area contributed by atoms with Crippen LogP contribution < -0.4 is 11.2 Å². The average Bonchev–Trinajstić information content (AvgIpc) is 2.87. The number of aryl methyl sites for hydroxylation is 1. The first-order valence-electron chi connectivity index (χ1n) is 8.13. The third kappa shape index (κ3) is 3.80. The van der Waals surface area contributed by atoms with Crippen LogP contribution in [0.25, 0.3) is 0 Å². The zero-order valence-corrected chi connectivity index (χ0v) is 13.7. The maximum absolute atomic E-state index is 11.9. The Labute approximate surface area is 139 Å². The molecule has 2 N–H and O–H groups in total. The number of H-pyrrole nitrogens is 1. The quantitative estimate of drug-likeness (QED) is 0.791. The van der Waals surface area contributed by atoms with Gasteiger partial charge in [0.15, 0.2) is 0 Å². The molecule has 0 amide bonds. The maximum Gasteiger partial charge on any atom is 0.328 e. The Morgan fingerprint density at radius 2 is 2.00 bits per heavy atom. The minimum Gasteiger partial charge on any atom is -0.391 e. The van der Waals surface area contributed by atoms with Crippen molar-refractivity contribution in [2.45, 2.75) is 26.0 Å². The Hall–Kier alpha value is -2.25. The van der Waals surface area contributed by atoms with Crippen molar-refractivity contribution in [3.63, 3.8) is 0 Å². The topological polar surface area (TPSA) is 91.2 Å². The first-order chi connectivity index (χ1) is 11.5. The largest absolute Gasteiger partial charge is 0.391 e. The molecule has 24 heavy (non-hydrogen) atoms. The number of likely N-dealkylation sites (tertiary alicyclic amines) is 1. The second kappa shape index (κ2) is 7.11. The second-order valence-electron chi connectivity index (χ2n) is 6.39. The average molecular weight is 330 g/mol. The molecule has 0 radical (unpaired) electrons. The molecule has 1 fully saturated rings. The highest BCUT2D eigenvalue weighted by molar-refractivity contribution is 5.11. The van der Waals surface area contributed by atoms with E-state index in [1.165, 1.54) is 10.6 Å². The van der Waals surface area contributed by atoms with Crippen LogP contribution in [0.15, 0.2) is 40.2 Å². The zero-order chi connectivity index (χ0) is 17.1. The highest BCUT2D eigenvalue weighted by Crippen LogP contribution is 2.21. The summed E-state index contributed by atoms with van der Waals surface area (Å²) in [5.74, 6) is 0.153. The van der Waals surface area contributed by atoms with Crippen LogP contribution in [0.4, 0.5) is 0 Å². The molecular formula is C17H22N4O3. The Balaban J connectivity index is 1.60. The van der Waals surface area contributed by atoms with Crippen molar-refractivity contribution >= 4 is 0 Å². The predicted octanol–water partition coefficient (Wildman–Crippen LogP) is -0.225. The number of nitrogens with zero attached hydrogens (tertiary/aromatic N) is 3. The fourth-order valence-corrected chi connectivity index (χ4v) is 3.23. The molecule has 1 saturated heterocycles. The normalized spacial score (nSPS) is 21.2. The first kappa shape index (κ1) is 16.6. The van der Waals surface area contributed by atoms with E-state index in [9.17, 15) is 14.7 Å². The number of aliphatic hydroxyl groups excluding tert-OH is 1. The minimum atomic E-state index is -0.397. The SMILES string of the molecule is Cc1cc(=O)n(CCN2C[C@@H](Cc3ccncc3)[C@H](O)C2)c(=O)[nH]1. The molecule has 3 heterocycles. The Morgan fingerprint density at radius 1 is 1.25 bits per heavy atom. The fraction of sp³-hybridized carbons (Fsp3) is 0.471. The lowest BCUT2D eigenvalue weighted by Crippen LogP contribution is -2.38. The van der Waals surface area contributed by atoms with Gasteiger partial charge in [0.25, 0.3) is 5.56 Å². The van der Waals surface area contributed by atoms with Crippen molar-refractivity contribution in [1.82, 2.24) is 19.4 Å². The molecule has 0 saturated carbocycles. The molecule has 3 rings (SSSR count). The van der Waals surface area contributed by atoms with E-state index in [0.29, 0.717) is 25.3 Å².